The summed E-state index contributed by atoms with van der Waals surface area (Å²) in [5, 5.41) is 26.6. The first-order chi connectivity index (χ1) is 13.3. The maximum absolute atomic E-state index is 12.5. The number of carbonyl (C=O) groups excluding carboxylic acids is 2. The summed E-state index contributed by atoms with van der Waals surface area (Å²) in [4.78, 5) is 39.3. The Morgan fingerprint density at radius 3 is 2.79 bits per heavy atom. The SMILES string of the molecule is CC(C)C[C@H](NC(=O)c1csc(-c2cccc([N+](=O)[O-])c2)n1)C(=O)NCC#N. The molecule has 9 nitrogen and oxygen atoms in total. The maximum atomic E-state index is 12.5. The van der Waals surface area contributed by atoms with Gasteiger partial charge in [0.15, 0.2) is 0 Å². The third kappa shape index (κ3) is 5.59. The van der Waals surface area contributed by atoms with Gasteiger partial charge < -0.3 is 10.6 Å². The fourth-order valence-electron chi connectivity index (χ4n) is 2.45. The number of thiazole rings is 1. The van der Waals surface area contributed by atoms with Gasteiger partial charge in [0.2, 0.25) is 5.91 Å². The average Bonchev–Trinajstić information content (AvgIpc) is 3.15. The van der Waals surface area contributed by atoms with E-state index in [1.165, 1.54) is 28.8 Å². The summed E-state index contributed by atoms with van der Waals surface area (Å²) in [5.41, 5.74) is 0.585. The zero-order valence-electron chi connectivity index (χ0n) is 15.3. The molecule has 1 aromatic carbocycles. The van der Waals surface area contributed by atoms with Gasteiger partial charge in [0.25, 0.3) is 11.6 Å². The van der Waals surface area contributed by atoms with Crippen LogP contribution < -0.4 is 10.6 Å². The number of nitro groups is 1. The minimum Gasteiger partial charge on any atom is -0.341 e. The normalized spacial score (nSPS) is 11.5. The van der Waals surface area contributed by atoms with Crippen LogP contribution in [-0.2, 0) is 4.79 Å². The molecule has 10 heteroatoms. The number of rotatable bonds is 8. The van der Waals surface area contributed by atoms with Crippen LogP contribution in [0.5, 0.6) is 0 Å². The summed E-state index contributed by atoms with van der Waals surface area (Å²) >= 11 is 1.18. The molecule has 0 radical (unpaired) electrons. The highest BCUT2D eigenvalue weighted by atomic mass is 32.1. The summed E-state index contributed by atoms with van der Waals surface area (Å²) in [6.07, 6.45) is 0.408. The number of benzene rings is 1. The van der Waals surface area contributed by atoms with E-state index in [0.29, 0.717) is 17.0 Å². The van der Waals surface area contributed by atoms with E-state index in [1.54, 1.807) is 12.1 Å². The molecule has 2 rings (SSSR count). The van der Waals surface area contributed by atoms with E-state index in [4.69, 9.17) is 5.26 Å². The van der Waals surface area contributed by atoms with Crippen LogP contribution in [0.3, 0.4) is 0 Å². The fraction of sp³-hybridized carbons (Fsp3) is 0.333. The molecular formula is C18H19N5O4S. The number of amides is 2. The number of hydrogen-bond acceptors (Lipinski definition) is 7. The Hall–Kier alpha value is -3.32. The predicted octanol–water partition coefficient (Wildman–Crippen LogP) is 2.50. The lowest BCUT2D eigenvalue weighted by molar-refractivity contribution is -0.384. The van der Waals surface area contributed by atoms with Crippen LogP contribution in [0, 0.1) is 27.4 Å². The molecule has 1 heterocycles. The third-order valence-electron chi connectivity index (χ3n) is 3.71. The predicted molar refractivity (Wildman–Crippen MR) is 104 cm³/mol. The zero-order valence-corrected chi connectivity index (χ0v) is 16.2. The van der Waals surface area contributed by atoms with Gasteiger partial charge in [0.1, 0.15) is 23.3 Å². The van der Waals surface area contributed by atoms with Gasteiger partial charge in [-0.15, -0.1) is 11.3 Å². The Bertz CT molecular complexity index is 919. The number of non-ortho nitro benzene ring substituents is 1. The number of hydrogen-bond donors (Lipinski definition) is 2. The summed E-state index contributed by atoms with van der Waals surface area (Å²) < 4.78 is 0. The Labute approximate surface area is 165 Å². The Kier molecular flexibility index (Phi) is 7.17. The number of nitrogens with one attached hydrogen (secondary N) is 2. The molecule has 1 atom stereocenters. The topological polar surface area (TPSA) is 138 Å². The molecule has 2 aromatic rings. The second-order valence-electron chi connectivity index (χ2n) is 6.38. The Morgan fingerprint density at radius 2 is 2.14 bits per heavy atom. The van der Waals surface area contributed by atoms with Crippen molar-refractivity contribution in [2.75, 3.05) is 6.54 Å². The molecule has 0 aliphatic heterocycles. The lowest BCUT2D eigenvalue weighted by atomic mass is 10.0. The molecule has 1 aromatic heterocycles. The van der Waals surface area contributed by atoms with E-state index in [0.717, 1.165) is 0 Å². The minimum atomic E-state index is -0.788. The molecule has 0 spiro atoms. The van der Waals surface area contributed by atoms with Crippen molar-refractivity contribution < 1.29 is 14.5 Å². The lowest BCUT2D eigenvalue weighted by Gasteiger charge is -2.19. The van der Waals surface area contributed by atoms with Crippen molar-refractivity contribution in [3.8, 4) is 16.6 Å². The number of carbonyl (C=O) groups is 2. The van der Waals surface area contributed by atoms with Gasteiger partial charge in [-0.3, -0.25) is 19.7 Å². The van der Waals surface area contributed by atoms with Crippen LogP contribution in [0.1, 0.15) is 30.8 Å². The van der Waals surface area contributed by atoms with Crippen molar-refractivity contribution in [2.45, 2.75) is 26.3 Å². The minimum absolute atomic E-state index is 0.0649. The standard InChI is InChI=1S/C18H19N5O4S/c1-11(2)8-14(16(24)20-7-6-19)21-17(25)15-10-28-18(22-15)12-4-3-5-13(9-12)23(26)27/h3-5,9-11,14H,7-8H2,1-2H3,(H,20,24)(H,21,25)/t14-/m0/s1. The van der Waals surface area contributed by atoms with Crippen molar-refractivity contribution in [2.24, 2.45) is 5.92 Å². The average molecular weight is 401 g/mol. The van der Waals surface area contributed by atoms with Crippen molar-refractivity contribution in [1.82, 2.24) is 15.6 Å². The monoisotopic (exact) mass is 401 g/mol. The smallest absolute Gasteiger partial charge is 0.271 e. The second-order valence-corrected chi connectivity index (χ2v) is 7.23. The first-order valence-electron chi connectivity index (χ1n) is 8.47. The molecule has 28 heavy (non-hydrogen) atoms. The van der Waals surface area contributed by atoms with Gasteiger partial charge in [0, 0.05) is 23.1 Å². The van der Waals surface area contributed by atoms with Crippen molar-refractivity contribution in [1.29, 1.82) is 5.26 Å². The molecule has 0 bridgehead atoms. The molecular weight excluding hydrogens is 382 g/mol. The first-order valence-corrected chi connectivity index (χ1v) is 9.35. The van der Waals surface area contributed by atoms with Crippen LogP contribution >= 0.6 is 11.3 Å². The van der Waals surface area contributed by atoms with Gasteiger partial charge >= 0.3 is 0 Å². The zero-order chi connectivity index (χ0) is 20.7. The third-order valence-corrected chi connectivity index (χ3v) is 4.60. The van der Waals surface area contributed by atoms with Crippen molar-refractivity contribution in [3.05, 3.63) is 45.5 Å². The summed E-state index contributed by atoms with van der Waals surface area (Å²) in [7, 11) is 0. The number of nitrogens with zero attached hydrogens (tertiary/aromatic N) is 3. The van der Waals surface area contributed by atoms with E-state index in [9.17, 15) is 19.7 Å². The number of nitro benzene ring substituents is 1. The van der Waals surface area contributed by atoms with Gasteiger partial charge in [-0.1, -0.05) is 26.0 Å². The van der Waals surface area contributed by atoms with Gasteiger partial charge in [-0.05, 0) is 12.3 Å². The lowest BCUT2D eigenvalue weighted by Crippen LogP contribution is -2.47. The first kappa shape index (κ1) is 21.0. The Balaban J connectivity index is 2.15. The number of aromatic nitrogens is 1. The quantitative estimate of drug-likeness (QED) is 0.396. The second kappa shape index (κ2) is 9.57. The van der Waals surface area contributed by atoms with Gasteiger partial charge in [-0.2, -0.15) is 5.26 Å². The molecule has 146 valence electrons. The highest BCUT2D eigenvalue weighted by Gasteiger charge is 2.23. The van der Waals surface area contributed by atoms with Gasteiger partial charge in [-0.25, -0.2) is 4.98 Å². The maximum Gasteiger partial charge on any atom is 0.271 e. The molecule has 0 aliphatic carbocycles. The van der Waals surface area contributed by atoms with Crippen molar-refractivity contribution >= 4 is 28.8 Å². The molecule has 2 N–H and O–H groups in total. The largest absolute Gasteiger partial charge is 0.341 e. The van der Waals surface area contributed by atoms with E-state index < -0.39 is 22.8 Å². The van der Waals surface area contributed by atoms with E-state index in [1.807, 2.05) is 19.9 Å². The Morgan fingerprint density at radius 1 is 1.39 bits per heavy atom. The highest BCUT2D eigenvalue weighted by Crippen LogP contribution is 2.27. The molecule has 0 saturated heterocycles. The number of nitriles is 1. The molecule has 0 aliphatic rings. The molecule has 0 fully saturated rings. The fourth-order valence-corrected chi connectivity index (χ4v) is 3.25. The van der Waals surface area contributed by atoms with E-state index >= 15 is 0 Å². The molecule has 2 amide bonds. The van der Waals surface area contributed by atoms with Crippen LogP contribution in [0.2, 0.25) is 0 Å². The van der Waals surface area contributed by atoms with Crippen LogP contribution in [0.25, 0.3) is 10.6 Å². The molecule has 0 saturated carbocycles. The van der Waals surface area contributed by atoms with E-state index in [-0.39, 0.29) is 23.8 Å². The summed E-state index contributed by atoms with van der Waals surface area (Å²) in [6, 6.07) is 7.02. The van der Waals surface area contributed by atoms with Crippen LogP contribution in [0.4, 0.5) is 5.69 Å². The highest BCUT2D eigenvalue weighted by molar-refractivity contribution is 7.13. The summed E-state index contributed by atoms with van der Waals surface area (Å²) in [5.74, 6) is -0.808. The molecule has 0 unspecified atom stereocenters. The van der Waals surface area contributed by atoms with E-state index in [2.05, 4.69) is 15.6 Å². The summed E-state index contributed by atoms with van der Waals surface area (Å²) in [6.45, 7) is 3.69. The van der Waals surface area contributed by atoms with Crippen molar-refractivity contribution in [3.63, 3.8) is 0 Å². The van der Waals surface area contributed by atoms with Gasteiger partial charge in [0.05, 0.1) is 11.0 Å². The van der Waals surface area contributed by atoms with Crippen LogP contribution in [0.15, 0.2) is 29.6 Å². The van der Waals surface area contributed by atoms with Crippen LogP contribution in [-0.4, -0.2) is 34.3 Å².